The number of hydrogen-bond donors (Lipinski definition) is 2. The first kappa shape index (κ1) is 14.2. The Balaban J connectivity index is 2.17. The van der Waals surface area contributed by atoms with E-state index in [1.807, 2.05) is 18.7 Å². The smallest absolute Gasteiger partial charge is 0.0945 e. The summed E-state index contributed by atoms with van der Waals surface area (Å²) in [6, 6.07) is 0. The number of nitrogens with zero attached hydrogens (tertiary/aromatic N) is 3. The lowest BCUT2D eigenvalue weighted by Crippen LogP contribution is -2.30. The quantitative estimate of drug-likeness (QED) is 0.615. The summed E-state index contributed by atoms with van der Waals surface area (Å²) in [5.74, 6) is 0. The molecular formula is C12H25N5. The van der Waals surface area contributed by atoms with Gasteiger partial charge in [0.1, 0.15) is 0 Å². The number of hydrogen-bond acceptors (Lipinski definition) is 4. The third kappa shape index (κ3) is 6.41. The van der Waals surface area contributed by atoms with Crippen molar-refractivity contribution in [3.8, 4) is 0 Å². The van der Waals surface area contributed by atoms with Gasteiger partial charge < -0.3 is 20.9 Å². The highest BCUT2D eigenvalue weighted by Crippen LogP contribution is 1.98. The fraction of sp³-hybridized carbons (Fsp3) is 0.750. The van der Waals surface area contributed by atoms with Gasteiger partial charge in [-0.15, -0.1) is 0 Å². The first-order valence-electron chi connectivity index (χ1n) is 6.45. The van der Waals surface area contributed by atoms with E-state index in [9.17, 15) is 0 Å². The number of rotatable bonds is 10. The molecule has 17 heavy (non-hydrogen) atoms. The molecule has 0 amide bonds. The van der Waals surface area contributed by atoms with Crippen molar-refractivity contribution in [3.63, 3.8) is 0 Å². The van der Waals surface area contributed by atoms with E-state index in [2.05, 4.69) is 14.5 Å². The highest BCUT2D eigenvalue weighted by atomic mass is 15.1. The van der Waals surface area contributed by atoms with Crippen LogP contribution in [0.1, 0.15) is 19.3 Å². The van der Waals surface area contributed by atoms with Gasteiger partial charge in [0.25, 0.3) is 0 Å². The monoisotopic (exact) mass is 239 g/mol. The van der Waals surface area contributed by atoms with Gasteiger partial charge >= 0.3 is 0 Å². The summed E-state index contributed by atoms with van der Waals surface area (Å²) in [5.41, 5.74) is 11.1. The normalized spacial score (nSPS) is 11.2. The number of aryl methyl sites for hydroxylation is 1. The third-order valence-corrected chi connectivity index (χ3v) is 2.81. The molecule has 1 rings (SSSR count). The van der Waals surface area contributed by atoms with Crippen LogP contribution in [0.15, 0.2) is 18.7 Å². The third-order valence-electron chi connectivity index (χ3n) is 2.81. The van der Waals surface area contributed by atoms with Crippen LogP contribution in [0.25, 0.3) is 0 Å². The summed E-state index contributed by atoms with van der Waals surface area (Å²) in [7, 11) is 0. The maximum absolute atomic E-state index is 5.55. The zero-order valence-corrected chi connectivity index (χ0v) is 10.6. The van der Waals surface area contributed by atoms with Gasteiger partial charge in [-0.1, -0.05) is 0 Å². The van der Waals surface area contributed by atoms with E-state index in [1.165, 1.54) is 0 Å². The Morgan fingerprint density at radius 2 is 1.65 bits per heavy atom. The second-order valence-corrected chi connectivity index (χ2v) is 4.28. The topological polar surface area (TPSA) is 73.1 Å². The van der Waals surface area contributed by atoms with Crippen LogP contribution in [0.2, 0.25) is 0 Å². The predicted molar refractivity (Wildman–Crippen MR) is 70.6 cm³/mol. The molecule has 0 aliphatic heterocycles. The second kappa shape index (κ2) is 9.15. The van der Waals surface area contributed by atoms with E-state index < -0.39 is 0 Å². The first-order valence-corrected chi connectivity index (χ1v) is 6.45. The maximum atomic E-state index is 5.55. The molecule has 5 nitrogen and oxygen atoms in total. The lowest BCUT2D eigenvalue weighted by atomic mass is 10.3. The van der Waals surface area contributed by atoms with Crippen molar-refractivity contribution >= 4 is 0 Å². The Hall–Kier alpha value is -0.910. The van der Waals surface area contributed by atoms with Gasteiger partial charge in [-0.2, -0.15) is 0 Å². The van der Waals surface area contributed by atoms with Crippen LogP contribution in [-0.2, 0) is 6.54 Å². The molecule has 0 aliphatic carbocycles. The number of aromatic nitrogens is 2. The zero-order chi connectivity index (χ0) is 12.3. The van der Waals surface area contributed by atoms with E-state index in [-0.39, 0.29) is 0 Å². The van der Waals surface area contributed by atoms with Crippen molar-refractivity contribution in [2.45, 2.75) is 25.8 Å². The molecule has 98 valence electrons. The average molecular weight is 239 g/mol. The molecule has 0 aromatic carbocycles. The van der Waals surface area contributed by atoms with E-state index in [4.69, 9.17) is 11.5 Å². The molecule has 0 saturated heterocycles. The van der Waals surface area contributed by atoms with Crippen LogP contribution in [0.4, 0.5) is 0 Å². The molecule has 0 spiro atoms. The predicted octanol–water partition coefficient (Wildman–Crippen LogP) is 0.273. The molecule has 0 aliphatic rings. The molecule has 1 aromatic heterocycles. The van der Waals surface area contributed by atoms with Crippen LogP contribution in [-0.4, -0.2) is 47.2 Å². The van der Waals surface area contributed by atoms with Crippen molar-refractivity contribution < 1.29 is 0 Å². The van der Waals surface area contributed by atoms with Crippen molar-refractivity contribution in [2.24, 2.45) is 11.5 Å². The van der Waals surface area contributed by atoms with Gasteiger partial charge in [0.2, 0.25) is 0 Å². The van der Waals surface area contributed by atoms with E-state index >= 15 is 0 Å². The van der Waals surface area contributed by atoms with Crippen LogP contribution in [0.3, 0.4) is 0 Å². The minimum Gasteiger partial charge on any atom is -0.337 e. The molecule has 0 atom stereocenters. The summed E-state index contributed by atoms with van der Waals surface area (Å²) >= 11 is 0. The van der Waals surface area contributed by atoms with Gasteiger partial charge in [-0.3, -0.25) is 0 Å². The fourth-order valence-electron chi connectivity index (χ4n) is 1.86. The average Bonchev–Trinajstić information content (AvgIpc) is 2.85. The van der Waals surface area contributed by atoms with E-state index in [0.717, 1.165) is 58.5 Å². The molecule has 5 heteroatoms. The summed E-state index contributed by atoms with van der Waals surface area (Å²) in [6.07, 6.45) is 8.96. The molecule has 1 heterocycles. The van der Waals surface area contributed by atoms with Crippen molar-refractivity contribution in [1.29, 1.82) is 0 Å². The molecule has 4 N–H and O–H groups in total. The standard InChI is InChI=1S/C12H25N5/c13-4-1-7-16(8-2-5-14)9-3-10-17-11-6-15-12-17/h6,11-12H,1-5,7-10,13-14H2. The molecule has 0 saturated carbocycles. The van der Waals surface area contributed by atoms with Crippen LogP contribution in [0, 0.1) is 0 Å². The SMILES string of the molecule is NCCCN(CCCN)CCCn1ccnc1. The molecular weight excluding hydrogens is 214 g/mol. The summed E-state index contributed by atoms with van der Waals surface area (Å²) in [5, 5.41) is 0. The lowest BCUT2D eigenvalue weighted by Gasteiger charge is -2.21. The Morgan fingerprint density at radius 1 is 1.00 bits per heavy atom. The number of nitrogens with two attached hydrogens (primary N) is 2. The Bertz CT molecular complexity index is 252. The first-order chi connectivity index (χ1) is 8.36. The Labute approximate surface area is 104 Å². The van der Waals surface area contributed by atoms with E-state index in [0.29, 0.717) is 0 Å². The summed E-state index contributed by atoms with van der Waals surface area (Å²) < 4.78 is 2.12. The van der Waals surface area contributed by atoms with Crippen molar-refractivity contribution in [3.05, 3.63) is 18.7 Å². The molecule has 0 fully saturated rings. The molecule has 0 unspecified atom stereocenters. The van der Waals surface area contributed by atoms with Gasteiger partial charge in [0, 0.05) is 18.9 Å². The van der Waals surface area contributed by atoms with Crippen LogP contribution >= 0.6 is 0 Å². The molecule has 0 bridgehead atoms. The van der Waals surface area contributed by atoms with Crippen molar-refractivity contribution in [1.82, 2.24) is 14.5 Å². The molecule has 1 aromatic rings. The largest absolute Gasteiger partial charge is 0.337 e. The minimum atomic E-state index is 0.765. The molecule has 0 radical (unpaired) electrons. The van der Waals surface area contributed by atoms with Gasteiger partial charge in [0.15, 0.2) is 0 Å². The second-order valence-electron chi connectivity index (χ2n) is 4.28. The fourth-order valence-corrected chi connectivity index (χ4v) is 1.86. The maximum Gasteiger partial charge on any atom is 0.0945 e. The van der Waals surface area contributed by atoms with Crippen LogP contribution in [0.5, 0.6) is 0 Å². The summed E-state index contributed by atoms with van der Waals surface area (Å²) in [4.78, 5) is 6.49. The van der Waals surface area contributed by atoms with Crippen molar-refractivity contribution in [2.75, 3.05) is 32.7 Å². The van der Waals surface area contributed by atoms with Crippen LogP contribution < -0.4 is 11.5 Å². The minimum absolute atomic E-state index is 0.765. The van der Waals surface area contributed by atoms with Gasteiger partial charge in [-0.05, 0) is 52.0 Å². The van der Waals surface area contributed by atoms with Gasteiger partial charge in [0.05, 0.1) is 6.33 Å². The Morgan fingerprint density at radius 3 is 2.18 bits per heavy atom. The van der Waals surface area contributed by atoms with E-state index in [1.54, 1.807) is 0 Å². The zero-order valence-electron chi connectivity index (χ0n) is 10.6. The number of imidazole rings is 1. The Kier molecular flexibility index (Phi) is 7.62. The van der Waals surface area contributed by atoms with Gasteiger partial charge in [-0.25, -0.2) is 4.98 Å². The highest BCUT2D eigenvalue weighted by Gasteiger charge is 2.03. The highest BCUT2D eigenvalue weighted by molar-refractivity contribution is 4.74. The lowest BCUT2D eigenvalue weighted by molar-refractivity contribution is 0.262. The summed E-state index contributed by atoms with van der Waals surface area (Å²) in [6.45, 7) is 5.84.